The summed E-state index contributed by atoms with van der Waals surface area (Å²) in [6.45, 7) is 5.04. The lowest BCUT2D eigenvalue weighted by Crippen LogP contribution is -2.13. The van der Waals surface area contributed by atoms with E-state index in [1.54, 1.807) is 38.1 Å². The number of anilines is 1. The van der Waals surface area contributed by atoms with Crippen LogP contribution in [0, 0.1) is 0 Å². The van der Waals surface area contributed by atoms with Gasteiger partial charge in [-0.15, -0.1) is 0 Å². The van der Waals surface area contributed by atoms with E-state index in [0.29, 0.717) is 22.6 Å². The average molecular weight is 421 g/mol. The largest absolute Gasteiger partial charge is 0.462 e. The second-order valence-corrected chi connectivity index (χ2v) is 6.52. The first-order chi connectivity index (χ1) is 15.0. The minimum Gasteiger partial charge on any atom is -0.462 e. The number of esters is 2. The maximum absolute atomic E-state index is 12.9. The van der Waals surface area contributed by atoms with Gasteiger partial charge in [0.15, 0.2) is 5.69 Å². The molecule has 1 N–H and O–H groups in total. The highest BCUT2D eigenvalue weighted by molar-refractivity contribution is 6.06. The number of rotatable bonds is 7. The lowest BCUT2D eigenvalue weighted by molar-refractivity contribution is -0.114. The lowest BCUT2D eigenvalue weighted by Gasteiger charge is -2.11. The monoisotopic (exact) mass is 421 g/mol. The Hall–Kier alpha value is -3.94. The van der Waals surface area contributed by atoms with Crippen LogP contribution in [-0.4, -0.2) is 40.8 Å². The normalized spacial score (nSPS) is 10.4. The van der Waals surface area contributed by atoms with Crippen LogP contribution < -0.4 is 5.32 Å². The molecule has 0 spiro atoms. The van der Waals surface area contributed by atoms with E-state index in [1.807, 2.05) is 30.3 Å². The van der Waals surface area contributed by atoms with E-state index in [-0.39, 0.29) is 30.4 Å². The van der Waals surface area contributed by atoms with Gasteiger partial charge in [0.25, 0.3) is 0 Å². The topological polar surface area (TPSA) is 99.5 Å². The maximum Gasteiger partial charge on any atom is 0.359 e. The Bertz CT molecular complexity index is 1110. The highest BCUT2D eigenvalue weighted by Crippen LogP contribution is 2.31. The highest BCUT2D eigenvalue weighted by atomic mass is 16.5. The molecule has 0 saturated carbocycles. The zero-order valence-electron chi connectivity index (χ0n) is 17.5. The number of hydrogen-bond acceptors (Lipinski definition) is 6. The van der Waals surface area contributed by atoms with Crippen molar-refractivity contribution >= 4 is 23.5 Å². The second-order valence-electron chi connectivity index (χ2n) is 6.52. The van der Waals surface area contributed by atoms with Crippen LogP contribution in [0.3, 0.4) is 0 Å². The molecule has 0 aliphatic heterocycles. The van der Waals surface area contributed by atoms with Crippen LogP contribution in [-0.2, 0) is 14.3 Å². The van der Waals surface area contributed by atoms with Gasteiger partial charge < -0.3 is 14.8 Å². The van der Waals surface area contributed by atoms with Crippen molar-refractivity contribution < 1.29 is 23.9 Å². The molecule has 0 aliphatic carbocycles. The summed E-state index contributed by atoms with van der Waals surface area (Å²) in [4.78, 5) is 37.0. The van der Waals surface area contributed by atoms with Gasteiger partial charge in [0.05, 0.1) is 24.6 Å². The van der Waals surface area contributed by atoms with Crippen molar-refractivity contribution in [3.63, 3.8) is 0 Å². The van der Waals surface area contributed by atoms with Gasteiger partial charge in [0.1, 0.15) is 5.56 Å². The fourth-order valence-corrected chi connectivity index (χ4v) is 3.13. The first kappa shape index (κ1) is 21.8. The molecule has 0 bridgehead atoms. The standard InChI is InChI=1S/C23H23N3O5/c1-4-30-22(28)19-20(23(29)31-5-2)25-26(21(19)16-10-7-6-8-11-16)18-13-9-12-17(14-18)24-15(3)27/h6-14H,4-5H2,1-3H3,(H,24,27). The van der Waals surface area contributed by atoms with E-state index in [2.05, 4.69) is 10.4 Å². The third-order valence-corrected chi connectivity index (χ3v) is 4.29. The molecule has 8 heteroatoms. The molecule has 2 aromatic carbocycles. The molecule has 1 heterocycles. The molecular weight excluding hydrogens is 398 g/mol. The summed E-state index contributed by atoms with van der Waals surface area (Å²) in [5, 5.41) is 7.15. The predicted octanol–water partition coefficient (Wildman–Crippen LogP) is 3.85. The third kappa shape index (κ3) is 4.80. The molecular formula is C23H23N3O5. The Morgan fingerprint density at radius 1 is 0.935 bits per heavy atom. The summed E-state index contributed by atoms with van der Waals surface area (Å²) in [5.74, 6) is -1.62. The maximum atomic E-state index is 12.9. The fraction of sp³-hybridized carbons (Fsp3) is 0.217. The molecule has 3 rings (SSSR count). The molecule has 0 atom stereocenters. The molecule has 0 unspecified atom stereocenters. The molecule has 0 aliphatic rings. The number of carbonyl (C=O) groups excluding carboxylic acids is 3. The predicted molar refractivity (Wildman–Crippen MR) is 115 cm³/mol. The Morgan fingerprint density at radius 3 is 2.26 bits per heavy atom. The van der Waals surface area contributed by atoms with Crippen LogP contribution in [0.1, 0.15) is 41.6 Å². The molecule has 8 nitrogen and oxygen atoms in total. The van der Waals surface area contributed by atoms with E-state index in [0.717, 1.165) is 0 Å². The molecule has 0 fully saturated rings. The number of amides is 1. The van der Waals surface area contributed by atoms with Gasteiger partial charge in [-0.2, -0.15) is 5.10 Å². The summed E-state index contributed by atoms with van der Waals surface area (Å²) in [6.07, 6.45) is 0. The van der Waals surface area contributed by atoms with Gasteiger partial charge in [-0.1, -0.05) is 36.4 Å². The SMILES string of the molecule is CCOC(=O)c1nn(-c2cccc(NC(C)=O)c2)c(-c2ccccc2)c1C(=O)OCC. The van der Waals surface area contributed by atoms with Gasteiger partial charge in [-0.3, -0.25) is 4.79 Å². The number of hydrogen-bond donors (Lipinski definition) is 1. The van der Waals surface area contributed by atoms with Gasteiger partial charge in [0.2, 0.25) is 5.91 Å². The molecule has 31 heavy (non-hydrogen) atoms. The lowest BCUT2D eigenvalue weighted by atomic mass is 10.1. The van der Waals surface area contributed by atoms with Crippen LogP contribution in [0.4, 0.5) is 5.69 Å². The third-order valence-electron chi connectivity index (χ3n) is 4.29. The van der Waals surface area contributed by atoms with Crippen molar-refractivity contribution in [3.05, 3.63) is 65.9 Å². The van der Waals surface area contributed by atoms with Crippen LogP contribution in [0.2, 0.25) is 0 Å². The van der Waals surface area contributed by atoms with Crippen molar-refractivity contribution in [3.8, 4) is 16.9 Å². The molecule has 0 saturated heterocycles. The minimum atomic E-state index is -0.723. The van der Waals surface area contributed by atoms with E-state index in [4.69, 9.17) is 9.47 Å². The fourth-order valence-electron chi connectivity index (χ4n) is 3.13. The van der Waals surface area contributed by atoms with E-state index >= 15 is 0 Å². The summed E-state index contributed by atoms with van der Waals surface area (Å²) in [5.41, 5.74) is 2.04. The quantitative estimate of drug-likeness (QED) is 0.582. The first-order valence-electron chi connectivity index (χ1n) is 9.87. The molecule has 1 amide bonds. The van der Waals surface area contributed by atoms with Crippen molar-refractivity contribution in [2.75, 3.05) is 18.5 Å². The van der Waals surface area contributed by atoms with Crippen LogP contribution >= 0.6 is 0 Å². The van der Waals surface area contributed by atoms with Gasteiger partial charge >= 0.3 is 11.9 Å². The number of carbonyl (C=O) groups is 3. The molecule has 160 valence electrons. The van der Waals surface area contributed by atoms with Crippen LogP contribution in [0.15, 0.2) is 54.6 Å². The zero-order valence-corrected chi connectivity index (χ0v) is 17.5. The Morgan fingerprint density at radius 2 is 1.61 bits per heavy atom. The highest BCUT2D eigenvalue weighted by Gasteiger charge is 2.31. The van der Waals surface area contributed by atoms with Crippen molar-refractivity contribution in [1.29, 1.82) is 0 Å². The van der Waals surface area contributed by atoms with Crippen LogP contribution in [0.25, 0.3) is 16.9 Å². The molecule has 1 aromatic heterocycles. The van der Waals surface area contributed by atoms with Gasteiger partial charge in [-0.25, -0.2) is 14.3 Å². The summed E-state index contributed by atoms with van der Waals surface area (Å²) < 4.78 is 11.8. The van der Waals surface area contributed by atoms with E-state index in [9.17, 15) is 14.4 Å². The number of nitrogens with one attached hydrogen (secondary N) is 1. The van der Waals surface area contributed by atoms with Crippen molar-refractivity contribution in [2.24, 2.45) is 0 Å². The van der Waals surface area contributed by atoms with Crippen LogP contribution in [0.5, 0.6) is 0 Å². The summed E-state index contributed by atoms with van der Waals surface area (Å²) in [7, 11) is 0. The first-order valence-corrected chi connectivity index (χ1v) is 9.87. The summed E-state index contributed by atoms with van der Waals surface area (Å²) >= 11 is 0. The molecule has 3 aromatic rings. The van der Waals surface area contributed by atoms with Crippen molar-refractivity contribution in [1.82, 2.24) is 9.78 Å². The van der Waals surface area contributed by atoms with Crippen molar-refractivity contribution in [2.45, 2.75) is 20.8 Å². The average Bonchev–Trinajstić information content (AvgIpc) is 3.15. The molecule has 0 radical (unpaired) electrons. The second kappa shape index (κ2) is 9.71. The smallest absolute Gasteiger partial charge is 0.359 e. The number of benzene rings is 2. The Kier molecular flexibility index (Phi) is 6.81. The Labute approximate surface area is 179 Å². The van der Waals surface area contributed by atoms with Gasteiger partial charge in [-0.05, 0) is 32.0 Å². The minimum absolute atomic E-state index is 0.0245. The van der Waals surface area contributed by atoms with Gasteiger partial charge in [0, 0.05) is 18.2 Å². The number of nitrogens with zero attached hydrogens (tertiary/aromatic N) is 2. The Balaban J connectivity index is 2.30. The zero-order chi connectivity index (χ0) is 22.4. The van der Waals surface area contributed by atoms with E-state index in [1.165, 1.54) is 11.6 Å². The number of ether oxygens (including phenoxy) is 2. The summed E-state index contributed by atoms with van der Waals surface area (Å²) in [6, 6.07) is 16.0. The number of aromatic nitrogens is 2. The van der Waals surface area contributed by atoms with E-state index < -0.39 is 11.9 Å².